The predicted molar refractivity (Wildman–Crippen MR) is 82.0 cm³/mol. The number of aromatic nitrogens is 1. The predicted octanol–water partition coefficient (Wildman–Crippen LogP) is 2.97. The summed E-state index contributed by atoms with van der Waals surface area (Å²) in [6.07, 6.45) is 5.28. The zero-order valence-electron chi connectivity index (χ0n) is 12.0. The molecule has 0 saturated heterocycles. The molecule has 0 aliphatic heterocycles. The van der Waals surface area contributed by atoms with E-state index in [1.54, 1.807) is 6.20 Å². The van der Waals surface area contributed by atoms with Gasteiger partial charge in [-0.3, -0.25) is 9.78 Å². The van der Waals surface area contributed by atoms with Gasteiger partial charge in [-0.05, 0) is 49.4 Å². The van der Waals surface area contributed by atoms with Crippen molar-refractivity contribution in [3.63, 3.8) is 0 Å². The molecule has 1 aromatic heterocycles. The monoisotopic (exact) mass is 284 g/mol. The van der Waals surface area contributed by atoms with Crippen LogP contribution < -0.4 is 5.32 Å². The molecular formula is C17H20N2O2. The number of hydrogen-bond acceptors (Lipinski definition) is 3. The number of carboxylic acid groups (broad SMARTS) is 1. The summed E-state index contributed by atoms with van der Waals surface area (Å²) in [5, 5.41) is 13.7. The van der Waals surface area contributed by atoms with Crippen molar-refractivity contribution in [1.82, 2.24) is 10.3 Å². The lowest BCUT2D eigenvalue weighted by Gasteiger charge is -2.27. The Morgan fingerprint density at radius 2 is 2.05 bits per heavy atom. The summed E-state index contributed by atoms with van der Waals surface area (Å²) in [7, 11) is 0. The third-order valence-electron chi connectivity index (χ3n) is 4.34. The van der Waals surface area contributed by atoms with Gasteiger partial charge in [0.1, 0.15) is 0 Å². The first-order chi connectivity index (χ1) is 10.2. The van der Waals surface area contributed by atoms with Crippen LogP contribution in [-0.4, -0.2) is 22.1 Å². The Morgan fingerprint density at radius 1 is 1.24 bits per heavy atom. The zero-order chi connectivity index (χ0) is 14.7. The molecule has 1 saturated carbocycles. The quantitative estimate of drug-likeness (QED) is 0.906. The molecule has 21 heavy (non-hydrogen) atoms. The molecular weight excluding hydrogens is 264 g/mol. The minimum Gasteiger partial charge on any atom is -0.481 e. The second kappa shape index (κ2) is 6.22. The molecule has 0 unspecified atom stereocenters. The van der Waals surface area contributed by atoms with Gasteiger partial charge in [-0.25, -0.2) is 0 Å². The van der Waals surface area contributed by atoms with Crippen LogP contribution in [0.2, 0.25) is 0 Å². The van der Waals surface area contributed by atoms with E-state index in [4.69, 9.17) is 5.11 Å². The van der Waals surface area contributed by atoms with Crippen LogP contribution in [-0.2, 0) is 11.3 Å². The van der Waals surface area contributed by atoms with E-state index in [1.807, 2.05) is 12.1 Å². The number of benzene rings is 1. The third kappa shape index (κ3) is 3.39. The van der Waals surface area contributed by atoms with Gasteiger partial charge in [0, 0.05) is 24.2 Å². The molecule has 1 aromatic carbocycles. The van der Waals surface area contributed by atoms with Crippen molar-refractivity contribution in [2.45, 2.75) is 38.3 Å². The van der Waals surface area contributed by atoms with Crippen LogP contribution in [0.15, 0.2) is 36.5 Å². The lowest BCUT2D eigenvalue weighted by Crippen LogP contribution is -2.34. The molecule has 0 amide bonds. The Kier molecular flexibility index (Phi) is 4.15. The number of hydrogen-bond donors (Lipinski definition) is 2. The highest BCUT2D eigenvalue weighted by molar-refractivity contribution is 5.78. The topological polar surface area (TPSA) is 62.2 Å². The zero-order valence-corrected chi connectivity index (χ0v) is 12.0. The normalized spacial score (nSPS) is 22.3. The minimum atomic E-state index is -0.643. The summed E-state index contributed by atoms with van der Waals surface area (Å²) >= 11 is 0. The van der Waals surface area contributed by atoms with Crippen molar-refractivity contribution in [1.29, 1.82) is 0 Å². The first-order valence-corrected chi connectivity index (χ1v) is 7.52. The van der Waals surface area contributed by atoms with E-state index in [1.165, 1.54) is 5.56 Å². The number of fused-ring (bicyclic) bond motifs is 1. The van der Waals surface area contributed by atoms with Crippen molar-refractivity contribution in [2.75, 3.05) is 0 Å². The number of pyridine rings is 1. The van der Waals surface area contributed by atoms with Crippen LogP contribution in [0.1, 0.15) is 31.2 Å². The van der Waals surface area contributed by atoms with Crippen molar-refractivity contribution >= 4 is 16.9 Å². The van der Waals surface area contributed by atoms with Crippen molar-refractivity contribution < 1.29 is 9.90 Å². The lowest BCUT2D eigenvalue weighted by atomic mass is 9.86. The molecule has 0 bridgehead atoms. The molecule has 0 radical (unpaired) electrons. The van der Waals surface area contributed by atoms with E-state index in [-0.39, 0.29) is 5.92 Å². The van der Waals surface area contributed by atoms with Crippen LogP contribution in [0.25, 0.3) is 10.9 Å². The van der Waals surface area contributed by atoms with Gasteiger partial charge in [-0.2, -0.15) is 0 Å². The van der Waals surface area contributed by atoms with Crippen LogP contribution in [0, 0.1) is 5.92 Å². The van der Waals surface area contributed by atoms with Crippen LogP contribution in [0.4, 0.5) is 0 Å². The standard InChI is InChI=1S/C17H20N2O2/c20-17(21)13-4-6-15(7-5-13)19-11-12-3-8-16-14(10-12)2-1-9-18-16/h1-3,8-10,13,15,19H,4-7,11H2,(H,20,21). The first kappa shape index (κ1) is 14.0. The molecule has 0 atom stereocenters. The maximum absolute atomic E-state index is 10.9. The molecule has 0 spiro atoms. The maximum atomic E-state index is 10.9. The Labute approximate surface area is 124 Å². The van der Waals surface area contributed by atoms with E-state index in [0.717, 1.165) is 43.1 Å². The number of rotatable bonds is 4. The summed E-state index contributed by atoms with van der Waals surface area (Å²) in [6.45, 7) is 0.827. The van der Waals surface area contributed by atoms with Crippen LogP contribution in [0.3, 0.4) is 0 Å². The smallest absolute Gasteiger partial charge is 0.306 e. The van der Waals surface area contributed by atoms with Gasteiger partial charge in [0.15, 0.2) is 0 Å². The second-order valence-electron chi connectivity index (χ2n) is 5.80. The fourth-order valence-corrected chi connectivity index (χ4v) is 3.04. The van der Waals surface area contributed by atoms with Gasteiger partial charge in [0.25, 0.3) is 0 Å². The van der Waals surface area contributed by atoms with E-state index in [0.29, 0.717) is 6.04 Å². The maximum Gasteiger partial charge on any atom is 0.306 e. The highest BCUT2D eigenvalue weighted by Gasteiger charge is 2.25. The Hall–Kier alpha value is -1.94. The van der Waals surface area contributed by atoms with E-state index >= 15 is 0 Å². The van der Waals surface area contributed by atoms with Gasteiger partial charge in [-0.1, -0.05) is 12.1 Å². The minimum absolute atomic E-state index is 0.144. The van der Waals surface area contributed by atoms with E-state index < -0.39 is 5.97 Å². The molecule has 1 heterocycles. The van der Waals surface area contributed by atoms with Crippen molar-refractivity contribution in [2.24, 2.45) is 5.92 Å². The second-order valence-corrected chi connectivity index (χ2v) is 5.80. The molecule has 4 heteroatoms. The molecule has 2 aromatic rings. The van der Waals surface area contributed by atoms with Crippen molar-refractivity contribution in [3.8, 4) is 0 Å². The SMILES string of the molecule is O=C(O)C1CCC(NCc2ccc3ncccc3c2)CC1. The van der Waals surface area contributed by atoms with E-state index in [9.17, 15) is 4.79 Å². The lowest BCUT2D eigenvalue weighted by molar-refractivity contribution is -0.142. The summed E-state index contributed by atoms with van der Waals surface area (Å²) in [5.74, 6) is -0.787. The third-order valence-corrected chi connectivity index (χ3v) is 4.34. The van der Waals surface area contributed by atoms with Gasteiger partial charge < -0.3 is 10.4 Å². The largest absolute Gasteiger partial charge is 0.481 e. The highest BCUT2D eigenvalue weighted by atomic mass is 16.4. The van der Waals surface area contributed by atoms with Gasteiger partial charge >= 0.3 is 5.97 Å². The first-order valence-electron chi connectivity index (χ1n) is 7.52. The molecule has 1 fully saturated rings. The number of carboxylic acids is 1. The Balaban J connectivity index is 1.56. The summed E-state index contributed by atoms with van der Waals surface area (Å²) in [4.78, 5) is 15.3. The Morgan fingerprint density at radius 3 is 2.81 bits per heavy atom. The summed E-state index contributed by atoms with van der Waals surface area (Å²) in [6, 6.07) is 10.8. The van der Waals surface area contributed by atoms with Gasteiger partial charge in [0.2, 0.25) is 0 Å². The van der Waals surface area contributed by atoms with Crippen LogP contribution >= 0.6 is 0 Å². The average molecular weight is 284 g/mol. The molecule has 3 rings (SSSR count). The highest BCUT2D eigenvalue weighted by Crippen LogP contribution is 2.24. The molecule has 1 aliphatic carbocycles. The van der Waals surface area contributed by atoms with Crippen molar-refractivity contribution in [3.05, 3.63) is 42.1 Å². The molecule has 1 aliphatic rings. The number of nitrogens with zero attached hydrogens (tertiary/aromatic N) is 1. The molecule has 4 nitrogen and oxygen atoms in total. The fourth-order valence-electron chi connectivity index (χ4n) is 3.04. The fraction of sp³-hybridized carbons (Fsp3) is 0.412. The molecule has 110 valence electrons. The van der Waals surface area contributed by atoms with E-state index in [2.05, 4.69) is 28.5 Å². The Bertz CT molecular complexity index is 633. The number of carbonyl (C=O) groups is 1. The summed E-state index contributed by atoms with van der Waals surface area (Å²) in [5.41, 5.74) is 2.26. The molecule has 2 N–H and O–H groups in total. The average Bonchev–Trinajstić information content (AvgIpc) is 2.53. The van der Waals surface area contributed by atoms with Crippen LogP contribution in [0.5, 0.6) is 0 Å². The summed E-state index contributed by atoms with van der Waals surface area (Å²) < 4.78 is 0. The van der Waals surface area contributed by atoms with Gasteiger partial charge in [-0.15, -0.1) is 0 Å². The number of aliphatic carboxylic acids is 1. The number of nitrogens with one attached hydrogen (secondary N) is 1. The van der Waals surface area contributed by atoms with Gasteiger partial charge in [0.05, 0.1) is 11.4 Å².